The highest BCUT2D eigenvalue weighted by Crippen LogP contribution is 2.32. The number of hydrogen-bond donors (Lipinski definition) is 2. The van der Waals surface area contributed by atoms with Crippen LogP contribution in [0, 0.1) is 5.92 Å². The van der Waals surface area contributed by atoms with E-state index < -0.39 is 0 Å². The van der Waals surface area contributed by atoms with Gasteiger partial charge in [0.2, 0.25) is 0 Å². The van der Waals surface area contributed by atoms with Crippen molar-refractivity contribution in [2.45, 2.75) is 19.3 Å². The summed E-state index contributed by atoms with van der Waals surface area (Å²) < 4.78 is 1.00. The van der Waals surface area contributed by atoms with E-state index in [0.29, 0.717) is 4.99 Å². The summed E-state index contributed by atoms with van der Waals surface area (Å²) in [7, 11) is 0. The van der Waals surface area contributed by atoms with Crippen molar-refractivity contribution in [2.24, 2.45) is 11.7 Å². The van der Waals surface area contributed by atoms with Gasteiger partial charge in [-0.15, -0.1) is 0 Å². The van der Waals surface area contributed by atoms with Crippen molar-refractivity contribution >= 4 is 38.8 Å². The fraction of sp³-hybridized carbons (Fsp3) is 0.417. The van der Waals surface area contributed by atoms with E-state index in [4.69, 9.17) is 18.0 Å². The third-order valence-electron chi connectivity index (χ3n) is 2.81. The third-order valence-corrected chi connectivity index (χ3v) is 3.53. The number of hydrogen-bond acceptors (Lipinski definition) is 2. The van der Waals surface area contributed by atoms with Crippen LogP contribution < -0.4 is 11.1 Å². The molecular weight excluding hydrogens is 284 g/mol. The van der Waals surface area contributed by atoms with Crippen LogP contribution >= 0.6 is 28.1 Å². The minimum atomic E-state index is 0.440. The average Bonchev–Trinajstić information content (AvgIpc) is 3.04. The summed E-state index contributed by atoms with van der Waals surface area (Å²) in [5.74, 6) is 0.941. The number of anilines is 1. The molecule has 1 aromatic rings. The Morgan fingerprint density at radius 2 is 2.25 bits per heavy atom. The Labute approximate surface area is 110 Å². The van der Waals surface area contributed by atoms with E-state index in [2.05, 4.69) is 21.2 Å². The van der Waals surface area contributed by atoms with Crippen molar-refractivity contribution in [1.29, 1.82) is 0 Å². The fourth-order valence-electron chi connectivity index (χ4n) is 1.69. The molecule has 4 heteroatoms. The molecule has 1 fully saturated rings. The van der Waals surface area contributed by atoms with Crippen LogP contribution in [0.5, 0.6) is 0 Å². The second-order valence-electron chi connectivity index (χ2n) is 4.21. The van der Waals surface area contributed by atoms with Gasteiger partial charge in [-0.25, -0.2) is 0 Å². The van der Waals surface area contributed by atoms with E-state index in [0.717, 1.165) is 28.2 Å². The molecule has 1 aliphatic carbocycles. The van der Waals surface area contributed by atoms with E-state index in [1.54, 1.807) is 0 Å². The van der Waals surface area contributed by atoms with Crippen LogP contribution in [0.1, 0.15) is 24.8 Å². The first-order valence-corrected chi connectivity index (χ1v) is 6.70. The average molecular weight is 299 g/mol. The molecule has 0 heterocycles. The molecule has 3 N–H and O–H groups in total. The molecule has 1 aliphatic rings. The lowest BCUT2D eigenvalue weighted by Gasteiger charge is -2.11. The molecule has 0 unspecified atom stereocenters. The smallest absolute Gasteiger partial charge is 0.106 e. The Kier molecular flexibility index (Phi) is 3.82. The third kappa shape index (κ3) is 3.19. The molecule has 0 spiro atoms. The van der Waals surface area contributed by atoms with Gasteiger partial charge < -0.3 is 11.1 Å². The first kappa shape index (κ1) is 11.9. The summed E-state index contributed by atoms with van der Waals surface area (Å²) in [5.41, 5.74) is 7.65. The van der Waals surface area contributed by atoms with E-state index in [-0.39, 0.29) is 0 Å². The molecule has 0 saturated heterocycles. The molecule has 0 aromatic heterocycles. The van der Waals surface area contributed by atoms with Gasteiger partial charge in [-0.1, -0.05) is 41.0 Å². The molecule has 86 valence electrons. The number of thiocarbonyl (C=S) groups is 1. The Morgan fingerprint density at radius 3 is 2.88 bits per heavy atom. The molecule has 0 atom stereocenters. The molecule has 2 nitrogen and oxygen atoms in total. The van der Waals surface area contributed by atoms with Gasteiger partial charge in [0.1, 0.15) is 4.99 Å². The summed E-state index contributed by atoms with van der Waals surface area (Å²) in [6, 6.07) is 5.98. The molecule has 2 rings (SSSR count). The predicted octanol–water partition coefficient (Wildman–Crippen LogP) is 3.30. The summed E-state index contributed by atoms with van der Waals surface area (Å²) >= 11 is 8.46. The second kappa shape index (κ2) is 5.15. The highest BCUT2D eigenvalue weighted by atomic mass is 79.9. The SMILES string of the molecule is NC(=S)c1cc(Br)ccc1NCCC1CC1. The van der Waals surface area contributed by atoms with Crippen molar-refractivity contribution in [2.75, 3.05) is 11.9 Å². The van der Waals surface area contributed by atoms with Gasteiger partial charge in [0.25, 0.3) is 0 Å². The number of halogens is 1. The number of rotatable bonds is 5. The molecule has 0 aliphatic heterocycles. The Balaban J connectivity index is 2.02. The van der Waals surface area contributed by atoms with Crippen LogP contribution in [0.15, 0.2) is 22.7 Å². The van der Waals surface area contributed by atoms with Crippen LogP contribution in [-0.2, 0) is 0 Å². The molecule has 0 radical (unpaired) electrons. The minimum Gasteiger partial charge on any atom is -0.389 e. The molecule has 1 aromatic carbocycles. The van der Waals surface area contributed by atoms with Crippen LogP contribution in [-0.4, -0.2) is 11.5 Å². The fourth-order valence-corrected chi connectivity index (χ4v) is 2.22. The molecular formula is C12H15BrN2S. The van der Waals surface area contributed by atoms with Crippen molar-refractivity contribution < 1.29 is 0 Å². The standard InChI is InChI=1S/C12H15BrN2S/c13-9-3-4-11(10(7-9)12(14)16)15-6-5-8-1-2-8/h3-4,7-8,15H,1-2,5-6H2,(H2,14,16). The Morgan fingerprint density at radius 1 is 1.50 bits per heavy atom. The highest BCUT2D eigenvalue weighted by Gasteiger charge is 2.20. The summed E-state index contributed by atoms with van der Waals surface area (Å²) in [5, 5.41) is 3.40. The van der Waals surface area contributed by atoms with Crippen molar-refractivity contribution in [3.63, 3.8) is 0 Å². The quantitative estimate of drug-likeness (QED) is 0.819. The Bertz CT molecular complexity index is 402. The molecule has 0 bridgehead atoms. The van der Waals surface area contributed by atoms with Crippen LogP contribution in [0.3, 0.4) is 0 Å². The number of benzene rings is 1. The monoisotopic (exact) mass is 298 g/mol. The lowest BCUT2D eigenvalue weighted by Crippen LogP contribution is -2.14. The van der Waals surface area contributed by atoms with Crippen molar-refractivity contribution in [1.82, 2.24) is 0 Å². The van der Waals surface area contributed by atoms with Gasteiger partial charge in [0.05, 0.1) is 0 Å². The summed E-state index contributed by atoms with van der Waals surface area (Å²) in [6.07, 6.45) is 4.03. The minimum absolute atomic E-state index is 0.440. The Hall–Kier alpha value is -0.610. The zero-order valence-electron chi connectivity index (χ0n) is 9.00. The van der Waals surface area contributed by atoms with Crippen LogP contribution in [0.2, 0.25) is 0 Å². The predicted molar refractivity (Wildman–Crippen MR) is 75.9 cm³/mol. The zero-order valence-corrected chi connectivity index (χ0v) is 11.4. The lowest BCUT2D eigenvalue weighted by atomic mass is 10.1. The number of nitrogens with two attached hydrogens (primary N) is 1. The first-order valence-electron chi connectivity index (χ1n) is 5.50. The molecule has 0 amide bonds. The largest absolute Gasteiger partial charge is 0.389 e. The van der Waals surface area contributed by atoms with Gasteiger partial charge >= 0.3 is 0 Å². The summed E-state index contributed by atoms with van der Waals surface area (Å²) in [4.78, 5) is 0.440. The van der Waals surface area contributed by atoms with Gasteiger partial charge in [-0.05, 0) is 30.5 Å². The maximum atomic E-state index is 5.70. The highest BCUT2D eigenvalue weighted by molar-refractivity contribution is 9.10. The van der Waals surface area contributed by atoms with Gasteiger partial charge in [-0.2, -0.15) is 0 Å². The van der Waals surface area contributed by atoms with Crippen molar-refractivity contribution in [3.05, 3.63) is 28.2 Å². The van der Waals surface area contributed by atoms with E-state index in [9.17, 15) is 0 Å². The lowest BCUT2D eigenvalue weighted by molar-refractivity contribution is 0.760. The van der Waals surface area contributed by atoms with Gasteiger partial charge in [-0.3, -0.25) is 0 Å². The van der Waals surface area contributed by atoms with E-state index >= 15 is 0 Å². The second-order valence-corrected chi connectivity index (χ2v) is 5.57. The number of nitrogens with one attached hydrogen (secondary N) is 1. The maximum absolute atomic E-state index is 5.70. The maximum Gasteiger partial charge on any atom is 0.106 e. The first-order chi connectivity index (χ1) is 7.66. The summed E-state index contributed by atoms with van der Waals surface area (Å²) in [6.45, 7) is 1.00. The van der Waals surface area contributed by atoms with Gasteiger partial charge in [0, 0.05) is 22.3 Å². The molecule has 16 heavy (non-hydrogen) atoms. The van der Waals surface area contributed by atoms with E-state index in [1.807, 2.05) is 18.2 Å². The van der Waals surface area contributed by atoms with E-state index in [1.165, 1.54) is 19.3 Å². The molecule has 1 saturated carbocycles. The van der Waals surface area contributed by atoms with Crippen LogP contribution in [0.4, 0.5) is 5.69 Å². The van der Waals surface area contributed by atoms with Gasteiger partial charge in [0.15, 0.2) is 0 Å². The topological polar surface area (TPSA) is 38.0 Å². The normalized spacial score (nSPS) is 14.8. The van der Waals surface area contributed by atoms with Crippen molar-refractivity contribution in [3.8, 4) is 0 Å². The van der Waals surface area contributed by atoms with Crippen LogP contribution in [0.25, 0.3) is 0 Å². The zero-order chi connectivity index (χ0) is 11.5.